The van der Waals surface area contributed by atoms with Crippen LogP contribution in [0, 0.1) is 12.8 Å². The Morgan fingerprint density at radius 3 is 2.45 bits per heavy atom. The van der Waals surface area contributed by atoms with E-state index in [2.05, 4.69) is 27.7 Å². The van der Waals surface area contributed by atoms with Crippen molar-refractivity contribution in [2.24, 2.45) is 5.92 Å². The molecule has 0 spiro atoms. The number of hydrogen-bond acceptors (Lipinski definition) is 3. The molecule has 2 rings (SSSR count). The Kier molecular flexibility index (Phi) is 3.87. The van der Waals surface area contributed by atoms with Gasteiger partial charge in [-0.15, -0.1) is 0 Å². The van der Waals surface area contributed by atoms with E-state index in [-0.39, 0.29) is 17.1 Å². The zero-order valence-corrected chi connectivity index (χ0v) is 13.4. The zero-order chi connectivity index (χ0) is 15.1. The van der Waals surface area contributed by atoms with Crippen LogP contribution in [0.5, 0.6) is 5.75 Å². The molecule has 112 valence electrons. The Balaban J connectivity index is 2.34. The number of aliphatic hydroxyl groups excluding tert-OH is 1. The summed E-state index contributed by atoms with van der Waals surface area (Å²) in [4.78, 5) is 0. The van der Waals surface area contributed by atoms with Gasteiger partial charge >= 0.3 is 0 Å². The summed E-state index contributed by atoms with van der Waals surface area (Å²) in [6.07, 6.45) is 0.250. The number of hydrogen-bond donors (Lipinski definition) is 1. The minimum atomic E-state index is -0.581. The lowest BCUT2D eigenvalue weighted by Crippen LogP contribution is -2.32. The van der Waals surface area contributed by atoms with Gasteiger partial charge in [0.1, 0.15) is 5.75 Å². The van der Waals surface area contributed by atoms with Crippen LogP contribution in [0.25, 0.3) is 0 Å². The summed E-state index contributed by atoms with van der Waals surface area (Å²) >= 11 is 0. The fourth-order valence-electron chi connectivity index (χ4n) is 3.38. The zero-order valence-electron chi connectivity index (χ0n) is 13.4. The predicted molar refractivity (Wildman–Crippen MR) is 80.0 cm³/mol. The summed E-state index contributed by atoms with van der Waals surface area (Å²) in [5, 5.41) is 10.8. The molecule has 3 heteroatoms. The standard InChI is InChI=1S/C17H26O3/c1-11-7-8-12(14(9-11)19-6)15(18)13-10-16(2,3)20-17(13,4)5/h7-9,13,15,18H,10H2,1-6H3. The van der Waals surface area contributed by atoms with Crippen LogP contribution in [0.2, 0.25) is 0 Å². The summed E-state index contributed by atoms with van der Waals surface area (Å²) in [6, 6.07) is 5.93. The third-order valence-electron chi connectivity index (χ3n) is 4.23. The molecule has 20 heavy (non-hydrogen) atoms. The van der Waals surface area contributed by atoms with Crippen LogP contribution in [0.15, 0.2) is 18.2 Å². The highest BCUT2D eigenvalue weighted by molar-refractivity contribution is 5.39. The molecule has 1 aliphatic rings. The number of aliphatic hydroxyl groups is 1. The summed E-state index contributed by atoms with van der Waals surface area (Å²) in [5.74, 6) is 0.798. The van der Waals surface area contributed by atoms with Gasteiger partial charge in [-0.3, -0.25) is 0 Å². The summed E-state index contributed by atoms with van der Waals surface area (Å²) < 4.78 is 11.5. The smallest absolute Gasteiger partial charge is 0.124 e. The molecule has 0 saturated carbocycles. The first kappa shape index (κ1) is 15.3. The van der Waals surface area contributed by atoms with E-state index >= 15 is 0 Å². The highest BCUT2D eigenvalue weighted by Crippen LogP contribution is 2.48. The number of benzene rings is 1. The molecule has 0 aromatic heterocycles. The SMILES string of the molecule is COc1cc(C)ccc1C(O)C1CC(C)(C)OC1(C)C. The summed E-state index contributed by atoms with van der Waals surface area (Å²) in [6.45, 7) is 10.3. The topological polar surface area (TPSA) is 38.7 Å². The second-order valence-corrected chi connectivity index (χ2v) is 6.97. The highest BCUT2D eigenvalue weighted by atomic mass is 16.5. The van der Waals surface area contributed by atoms with Crippen molar-refractivity contribution >= 4 is 0 Å². The third-order valence-corrected chi connectivity index (χ3v) is 4.23. The number of methoxy groups -OCH3 is 1. The van der Waals surface area contributed by atoms with Gasteiger partial charge in [0.2, 0.25) is 0 Å². The first-order valence-electron chi connectivity index (χ1n) is 7.19. The van der Waals surface area contributed by atoms with Gasteiger partial charge in [-0.1, -0.05) is 12.1 Å². The van der Waals surface area contributed by atoms with Crippen LogP contribution < -0.4 is 4.74 Å². The summed E-state index contributed by atoms with van der Waals surface area (Å²) in [5.41, 5.74) is 1.42. The van der Waals surface area contributed by atoms with Crippen LogP contribution in [-0.2, 0) is 4.74 Å². The van der Waals surface area contributed by atoms with E-state index in [9.17, 15) is 5.11 Å². The third kappa shape index (κ3) is 2.84. The molecule has 1 heterocycles. The molecule has 2 unspecified atom stereocenters. The average Bonchev–Trinajstić information content (AvgIpc) is 2.56. The van der Waals surface area contributed by atoms with Gasteiger partial charge in [-0.05, 0) is 52.7 Å². The van der Waals surface area contributed by atoms with E-state index in [4.69, 9.17) is 9.47 Å². The molecule has 1 N–H and O–H groups in total. The Hall–Kier alpha value is -1.06. The quantitative estimate of drug-likeness (QED) is 0.917. The minimum Gasteiger partial charge on any atom is -0.496 e. The maximum Gasteiger partial charge on any atom is 0.124 e. The maximum absolute atomic E-state index is 10.8. The molecule has 1 aromatic carbocycles. The Morgan fingerprint density at radius 1 is 1.30 bits per heavy atom. The molecule has 0 bridgehead atoms. The van der Waals surface area contributed by atoms with Gasteiger partial charge in [-0.25, -0.2) is 0 Å². The van der Waals surface area contributed by atoms with Crippen molar-refractivity contribution in [3.8, 4) is 5.75 Å². The van der Waals surface area contributed by atoms with Gasteiger partial charge < -0.3 is 14.6 Å². The Morgan fingerprint density at radius 2 is 1.95 bits per heavy atom. The van der Waals surface area contributed by atoms with Crippen LogP contribution in [0.3, 0.4) is 0 Å². The van der Waals surface area contributed by atoms with Crippen LogP contribution >= 0.6 is 0 Å². The molecule has 1 saturated heterocycles. The first-order chi connectivity index (χ1) is 9.16. The van der Waals surface area contributed by atoms with Crippen molar-refractivity contribution in [1.29, 1.82) is 0 Å². The van der Waals surface area contributed by atoms with Gasteiger partial charge in [0.15, 0.2) is 0 Å². The molecule has 1 aliphatic heterocycles. The number of ether oxygens (including phenoxy) is 2. The second kappa shape index (κ2) is 5.05. The second-order valence-electron chi connectivity index (χ2n) is 6.97. The van der Waals surface area contributed by atoms with Crippen molar-refractivity contribution in [3.63, 3.8) is 0 Å². The van der Waals surface area contributed by atoms with Crippen molar-refractivity contribution in [3.05, 3.63) is 29.3 Å². The van der Waals surface area contributed by atoms with E-state index in [0.29, 0.717) is 0 Å². The lowest BCUT2D eigenvalue weighted by molar-refractivity contribution is -0.0881. The van der Waals surface area contributed by atoms with E-state index < -0.39 is 6.10 Å². The minimum absolute atomic E-state index is 0.0501. The largest absolute Gasteiger partial charge is 0.496 e. The summed E-state index contributed by atoms with van der Waals surface area (Å²) in [7, 11) is 1.64. The fraction of sp³-hybridized carbons (Fsp3) is 0.647. The highest BCUT2D eigenvalue weighted by Gasteiger charge is 2.49. The van der Waals surface area contributed by atoms with E-state index in [1.54, 1.807) is 7.11 Å². The van der Waals surface area contributed by atoms with Crippen molar-refractivity contribution < 1.29 is 14.6 Å². The van der Waals surface area contributed by atoms with Gasteiger partial charge in [0.05, 0.1) is 24.4 Å². The molecule has 0 amide bonds. The van der Waals surface area contributed by atoms with Crippen molar-refractivity contribution in [2.75, 3.05) is 7.11 Å². The van der Waals surface area contributed by atoms with Crippen molar-refractivity contribution in [2.45, 2.75) is 58.3 Å². The van der Waals surface area contributed by atoms with Gasteiger partial charge in [-0.2, -0.15) is 0 Å². The molecular weight excluding hydrogens is 252 g/mol. The lowest BCUT2D eigenvalue weighted by atomic mass is 9.80. The monoisotopic (exact) mass is 278 g/mol. The predicted octanol–water partition coefficient (Wildman–Crippen LogP) is 3.63. The van der Waals surface area contributed by atoms with E-state index in [1.165, 1.54) is 0 Å². The molecule has 3 nitrogen and oxygen atoms in total. The first-order valence-corrected chi connectivity index (χ1v) is 7.19. The number of rotatable bonds is 3. The van der Waals surface area contributed by atoms with Crippen LogP contribution in [-0.4, -0.2) is 23.4 Å². The molecular formula is C17H26O3. The van der Waals surface area contributed by atoms with Crippen LogP contribution in [0.1, 0.15) is 51.3 Å². The maximum atomic E-state index is 10.8. The normalized spacial score (nSPS) is 25.4. The molecule has 1 aromatic rings. The van der Waals surface area contributed by atoms with E-state index in [0.717, 1.165) is 23.3 Å². The van der Waals surface area contributed by atoms with E-state index in [1.807, 2.05) is 25.1 Å². The number of aryl methyl sites for hydroxylation is 1. The molecule has 2 atom stereocenters. The van der Waals surface area contributed by atoms with Gasteiger partial charge in [0.25, 0.3) is 0 Å². The van der Waals surface area contributed by atoms with Crippen molar-refractivity contribution in [1.82, 2.24) is 0 Å². The molecule has 0 aliphatic carbocycles. The van der Waals surface area contributed by atoms with Crippen LogP contribution in [0.4, 0.5) is 0 Å². The Labute approximate surface area is 121 Å². The fourth-order valence-corrected chi connectivity index (χ4v) is 3.38. The average molecular weight is 278 g/mol. The van der Waals surface area contributed by atoms with Gasteiger partial charge in [0, 0.05) is 11.5 Å². The lowest BCUT2D eigenvalue weighted by Gasteiger charge is -2.31. The molecule has 0 radical (unpaired) electrons. The Bertz CT molecular complexity index is 491. The molecule has 1 fully saturated rings.